The molecule has 22 heavy (non-hydrogen) atoms. The van der Waals surface area contributed by atoms with E-state index in [0.29, 0.717) is 10.8 Å². The zero-order chi connectivity index (χ0) is 15.7. The van der Waals surface area contributed by atoms with Gasteiger partial charge in [-0.05, 0) is 18.9 Å². The fourth-order valence-electron chi connectivity index (χ4n) is 2.15. The molecule has 0 bridgehead atoms. The molecule has 0 aliphatic heterocycles. The van der Waals surface area contributed by atoms with Crippen molar-refractivity contribution in [3.8, 4) is 0 Å². The van der Waals surface area contributed by atoms with Crippen molar-refractivity contribution in [3.05, 3.63) is 40.3 Å². The lowest BCUT2D eigenvalue weighted by molar-refractivity contribution is -0.124. The van der Waals surface area contributed by atoms with E-state index < -0.39 is 5.97 Å². The predicted molar refractivity (Wildman–Crippen MR) is 78.4 cm³/mol. The number of carbonyl (C=O) groups excluding carboxylic acids is 2. The van der Waals surface area contributed by atoms with Gasteiger partial charge in [-0.15, -0.1) is 0 Å². The first-order valence-electron chi connectivity index (χ1n) is 6.99. The molecular formula is C15H15N3O4. The van der Waals surface area contributed by atoms with E-state index in [1.807, 2.05) is 0 Å². The number of aromatic nitrogens is 2. The number of aryl methyl sites for hydroxylation is 1. The molecule has 0 radical (unpaired) electrons. The molecule has 114 valence electrons. The lowest BCUT2D eigenvalue weighted by atomic mass is 10.1. The Morgan fingerprint density at radius 3 is 2.68 bits per heavy atom. The number of amides is 1. The van der Waals surface area contributed by atoms with Crippen LogP contribution in [0.4, 0.5) is 0 Å². The second kappa shape index (κ2) is 5.59. The number of hydrogen-bond acceptors (Lipinski definition) is 5. The number of nitrogens with zero attached hydrogens (tertiary/aromatic N) is 2. The maximum atomic E-state index is 12.1. The van der Waals surface area contributed by atoms with Gasteiger partial charge < -0.3 is 10.1 Å². The molecule has 0 spiro atoms. The van der Waals surface area contributed by atoms with Gasteiger partial charge in [0.05, 0.1) is 5.39 Å². The lowest BCUT2D eigenvalue weighted by Crippen LogP contribution is -2.31. The monoisotopic (exact) mass is 301 g/mol. The quantitative estimate of drug-likeness (QED) is 0.824. The highest BCUT2D eigenvalue weighted by Gasteiger charge is 2.24. The second-order valence-electron chi connectivity index (χ2n) is 5.24. The summed E-state index contributed by atoms with van der Waals surface area (Å²) >= 11 is 0. The molecule has 2 aromatic rings. The van der Waals surface area contributed by atoms with E-state index >= 15 is 0 Å². The van der Waals surface area contributed by atoms with Gasteiger partial charge in [0.2, 0.25) is 0 Å². The van der Waals surface area contributed by atoms with Crippen LogP contribution in [0.5, 0.6) is 0 Å². The summed E-state index contributed by atoms with van der Waals surface area (Å²) in [5, 5.41) is 7.48. The molecule has 3 rings (SSSR count). The van der Waals surface area contributed by atoms with E-state index in [0.717, 1.165) is 17.5 Å². The van der Waals surface area contributed by atoms with Crippen molar-refractivity contribution < 1.29 is 14.3 Å². The molecule has 1 aliphatic rings. The Hall–Kier alpha value is -2.70. The van der Waals surface area contributed by atoms with Crippen LogP contribution in [0, 0.1) is 0 Å². The molecule has 7 heteroatoms. The average Bonchev–Trinajstić information content (AvgIpc) is 3.32. The third kappa shape index (κ3) is 2.83. The third-order valence-electron chi connectivity index (χ3n) is 3.43. The Kier molecular flexibility index (Phi) is 3.62. The summed E-state index contributed by atoms with van der Waals surface area (Å²) in [5.41, 5.74) is -0.268. The number of ether oxygens (including phenoxy) is 1. The van der Waals surface area contributed by atoms with Crippen LogP contribution in [0.15, 0.2) is 29.1 Å². The Balaban J connectivity index is 1.82. The van der Waals surface area contributed by atoms with Crippen molar-refractivity contribution >= 4 is 22.6 Å². The molecule has 0 saturated heterocycles. The van der Waals surface area contributed by atoms with Crippen LogP contribution in [0.25, 0.3) is 10.8 Å². The molecule has 1 N–H and O–H groups in total. The summed E-state index contributed by atoms with van der Waals surface area (Å²) in [7, 11) is 1.46. The molecule has 0 atom stereocenters. The highest BCUT2D eigenvalue weighted by molar-refractivity contribution is 6.02. The van der Waals surface area contributed by atoms with Crippen LogP contribution >= 0.6 is 0 Å². The van der Waals surface area contributed by atoms with Crippen LogP contribution in [-0.4, -0.2) is 34.3 Å². The van der Waals surface area contributed by atoms with Crippen molar-refractivity contribution in [1.29, 1.82) is 0 Å². The summed E-state index contributed by atoms with van der Waals surface area (Å²) in [6.07, 6.45) is 1.93. The molecule has 1 aromatic carbocycles. The molecule has 1 heterocycles. The minimum absolute atomic E-state index is 0.0249. The lowest BCUT2D eigenvalue weighted by Gasteiger charge is -2.08. The van der Waals surface area contributed by atoms with E-state index in [1.54, 1.807) is 24.3 Å². The molecule has 7 nitrogen and oxygen atoms in total. The number of fused-ring (bicyclic) bond motifs is 1. The summed E-state index contributed by atoms with van der Waals surface area (Å²) in [4.78, 5) is 35.7. The smallest absolute Gasteiger partial charge is 0.359 e. The van der Waals surface area contributed by atoms with Gasteiger partial charge in [0, 0.05) is 18.5 Å². The highest BCUT2D eigenvalue weighted by atomic mass is 16.5. The van der Waals surface area contributed by atoms with E-state index in [4.69, 9.17) is 4.74 Å². The topological polar surface area (TPSA) is 90.3 Å². The molecule has 1 amide bonds. The van der Waals surface area contributed by atoms with Gasteiger partial charge in [0.25, 0.3) is 11.5 Å². The average molecular weight is 301 g/mol. The van der Waals surface area contributed by atoms with Gasteiger partial charge in [0.15, 0.2) is 12.3 Å². The number of carbonyl (C=O) groups is 2. The van der Waals surface area contributed by atoms with Gasteiger partial charge in [-0.3, -0.25) is 9.59 Å². The maximum Gasteiger partial charge on any atom is 0.359 e. The Morgan fingerprint density at radius 1 is 1.32 bits per heavy atom. The van der Waals surface area contributed by atoms with Crippen LogP contribution in [0.3, 0.4) is 0 Å². The standard InChI is InChI=1S/C15H15N3O4/c1-18-14(20)11-5-3-2-4-10(11)13(17-18)15(21)22-8-12(19)16-9-6-7-9/h2-5,9H,6-8H2,1H3,(H,16,19). The Morgan fingerprint density at radius 2 is 2.00 bits per heavy atom. The van der Waals surface area contributed by atoms with Gasteiger partial charge in [-0.1, -0.05) is 18.2 Å². The zero-order valence-electron chi connectivity index (χ0n) is 12.0. The number of esters is 1. The normalized spacial score (nSPS) is 13.9. The molecule has 1 aliphatic carbocycles. The Labute approximate surface area is 125 Å². The Bertz CT molecular complexity index is 808. The number of hydrogen-bond donors (Lipinski definition) is 1. The van der Waals surface area contributed by atoms with Crippen LogP contribution in [0.2, 0.25) is 0 Å². The summed E-state index contributed by atoms with van der Waals surface area (Å²) in [6, 6.07) is 6.88. The summed E-state index contributed by atoms with van der Waals surface area (Å²) in [5.74, 6) is -1.05. The first-order valence-corrected chi connectivity index (χ1v) is 6.99. The first-order chi connectivity index (χ1) is 10.6. The number of nitrogens with one attached hydrogen (secondary N) is 1. The second-order valence-corrected chi connectivity index (χ2v) is 5.24. The van der Waals surface area contributed by atoms with E-state index in [1.165, 1.54) is 7.05 Å². The minimum atomic E-state index is -0.724. The zero-order valence-corrected chi connectivity index (χ0v) is 12.0. The predicted octanol–water partition coefficient (Wildman–Crippen LogP) is 0.369. The largest absolute Gasteiger partial charge is 0.451 e. The number of rotatable bonds is 4. The van der Waals surface area contributed by atoms with E-state index in [2.05, 4.69) is 10.4 Å². The molecular weight excluding hydrogens is 286 g/mol. The van der Waals surface area contributed by atoms with Crippen LogP contribution in [0.1, 0.15) is 23.3 Å². The fraction of sp³-hybridized carbons (Fsp3) is 0.333. The minimum Gasteiger partial charge on any atom is -0.451 e. The molecule has 1 fully saturated rings. The van der Waals surface area contributed by atoms with Gasteiger partial charge in [-0.25, -0.2) is 9.48 Å². The van der Waals surface area contributed by atoms with Crippen molar-refractivity contribution in [2.45, 2.75) is 18.9 Å². The van der Waals surface area contributed by atoms with Gasteiger partial charge in [0.1, 0.15) is 0 Å². The van der Waals surface area contributed by atoms with Crippen molar-refractivity contribution in [2.24, 2.45) is 7.05 Å². The maximum absolute atomic E-state index is 12.1. The van der Waals surface area contributed by atoms with Crippen molar-refractivity contribution in [2.75, 3.05) is 6.61 Å². The summed E-state index contributed by atoms with van der Waals surface area (Å²) in [6.45, 7) is -0.353. The van der Waals surface area contributed by atoms with Gasteiger partial charge >= 0.3 is 5.97 Å². The number of benzene rings is 1. The van der Waals surface area contributed by atoms with E-state index in [-0.39, 0.29) is 29.8 Å². The van der Waals surface area contributed by atoms with Gasteiger partial charge in [-0.2, -0.15) is 5.10 Å². The SMILES string of the molecule is Cn1nc(C(=O)OCC(=O)NC2CC2)c2ccccc2c1=O. The summed E-state index contributed by atoms with van der Waals surface area (Å²) < 4.78 is 6.08. The van der Waals surface area contributed by atoms with Crippen LogP contribution < -0.4 is 10.9 Å². The molecule has 0 unspecified atom stereocenters. The van der Waals surface area contributed by atoms with Crippen molar-refractivity contribution in [3.63, 3.8) is 0 Å². The first kappa shape index (κ1) is 14.2. The van der Waals surface area contributed by atoms with Crippen LogP contribution in [-0.2, 0) is 16.6 Å². The molecule has 1 saturated carbocycles. The van der Waals surface area contributed by atoms with E-state index in [9.17, 15) is 14.4 Å². The highest BCUT2D eigenvalue weighted by Crippen LogP contribution is 2.18. The third-order valence-corrected chi connectivity index (χ3v) is 3.43. The molecule has 1 aromatic heterocycles. The van der Waals surface area contributed by atoms with Crippen molar-refractivity contribution in [1.82, 2.24) is 15.1 Å². The fourth-order valence-corrected chi connectivity index (χ4v) is 2.15.